The van der Waals surface area contributed by atoms with Gasteiger partial charge in [-0.15, -0.1) is 0 Å². The van der Waals surface area contributed by atoms with Crippen molar-refractivity contribution in [1.82, 2.24) is 4.98 Å². The normalized spacial score (nSPS) is 11.1. The standard InChI is InChI=1S/C17H16ClN/c1-11-4-3-5-15-16(12(2)19-17(11)15)10-13-6-8-14(18)9-7-13/h3-9,19H,10H2,1-2H3. The minimum Gasteiger partial charge on any atom is -0.358 e. The highest BCUT2D eigenvalue weighted by atomic mass is 35.5. The summed E-state index contributed by atoms with van der Waals surface area (Å²) in [5.41, 5.74) is 6.46. The number of aromatic amines is 1. The van der Waals surface area contributed by atoms with Crippen LogP contribution in [0.5, 0.6) is 0 Å². The van der Waals surface area contributed by atoms with Crippen molar-refractivity contribution in [1.29, 1.82) is 0 Å². The molecule has 3 aromatic rings. The van der Waals surface area contributed by atoms with Gasteiger partial charge in [0.15, 0.2) is 0 Å². The second-order valence-electron chi connectivity index (χ2n) is 5.03. The van der Waals surface area contributed by atoms with Crippen LogP contribution < -0.4 is 0 Å². The minimum atomic E-state index is 0.787. The molecule has 1 nitrogen and oxygen atoms in total. The number of aryl methyl sites for hydroxylation is 2. The van der Waals surface area contributed by atoms with Crippen LogP contribution >= 0.6 is 11.6 Å². The molecule has 0 aliphatic carbocycles. The molecular formula is C17H16ClN. The number of fused-ring (bicyclic) bond motifs is 1. The first kappa shape index (κ1) is 12.3. The van der Waals surface area contributed by atoms with Crippen LogP contribution in [0.2, 0.25) is 5.02 Å². The average molecular weight is 270 g/mol. The first-order valence-corrected chi connectivity index (χ1v) is 6.84. The molecule has 19 heavy (non-hydrogen) atoms. The fraction of sp³-hybridized carbons (Fsp3) is 0.176. The van der Waals surface area contributed by atoms with Gasteiger partial charge in [0.2, 0.25) is 0 Å². The molecule has 96 valence electrons. The quantitative estimate of drug-likeness (QED) is 0.672. The number of hydrogen-bond donors (Lipinski definition) is 1. The van der Waals surface area contributed by atoms with Crippen molar-refractivity contribution in [2.45, 2.75) is 20.3 Å². The Labute approximate surface area is 118 Å². The van der Waals surface area contributed by atoms with Gasteiger partial charge in [-0.3, -0.25) is 0 Å². The summed E-state index contributed by atoms with van der Waals surface area (Å²) in [5, 5.41) is 2.11. The maximum atomic E-state index is 5.93. The summed E-state index contributed by atoms with van der Waals surface area (Å²) in [6.07, 6.45) is 0.937. The lowest BCUT2D eigenvalue weighted by Crippen LogP contribution is -1.89. The van der Waals surface area contributed by atoms with Crippen molar-refractivity contribution in [3.05, 3.63) is 69.9 Å². The van der Waals surface area contributed by atoms with E-state index in [-0.39, 0.29) is 0 Å². The molecule has 0 atom stereocenters. The summed E-state index contributed by atoms with van der Waals surface area (Å²) in [6, 6.07) is 14.5. The Kier molecular flexibility index (Phi) is 3.08. The Hall–Kier alpha value is -1.73. The first-order chi connectivity index (χ1) is 9.15. The SMILES string of the molecule is Cc1[nH]c2c(C)cccc2c1Cc1ccc(Cl)cc1. The molecule has 0 saturated heterocycles. The van der Waals surface area contributed by atoms with Crippen molar-refractivity contribution < 1.29 is 0 Å². The zero-order valence-electron chi connectivity index (χ0n) is 11.1. The molecule has 3 rings (SSSR count). The van der Waals surface area contributed by atoms with Gasteiger partial charge in [0.25, 0.3) is 0 Å². The lowest BCUT2D eigenvalue weighted by Gasteiger charge is -2.03. The molecule has 0 spiro atoms. The maximum absolute atomic E-state index is 5.93. The van der Waals surface area contributed by atoms with E-state index in [1.165, 1.54) is 33.3 Å². The van der Waals surface area contributed by atoms with Crippen LogP contribution in [0.3, 0.4) is 0 Å². The van der Waals surface area contributed by atoms with Crippen molar-refractivity contribution in [3.63, 3.8) is 0 Å². The highest BCUT2D eigenvalue weighted by molar-refractivity contribution is 6.30. The third kappa shape index (κ3) is 2.26. The van der Waals surface area contributed by atoms with E-state index in [9.17, 15) is 0 Å². The van der Waals surface area contributed by atoms with E-state index >= 15 is 0 Å². The van der Waals surface area contributed by atoms with Gasteiger partial charge in [-0.1, -0.05) is 41.9 Å². The number of aromatic nitrogens is 1. The van der Waals surface area contributed by atoms with Crippen LogP contribution in [-0.4, -0.2) is 4.98 Å². The zero-order valence-corrected chi connectivity index (χ0v) is 11.9. The molecular weight excluding hydrogens is 254 g/mol. The fourth-order valence-electron chi connectivity index (χ4n) is 2.58. The molecule has 2 aromatic carbocycles. The van der Waals surface area contributed by atoms with Crippen molar-refractivity contribution >= 4 is 22.5 Å². The predicted molar refractivity (Wildman–Crippen MR) is 82.0 cm³/mol. The Morgan fingerprint density at radius 2 is 1.74 bits per heavy atom. The lowest BCUT2D eigenvalue weighted by atomic mass is 10.0. The van der Waals surface area contributed by atoms with Crippen LogP contribution in [0.4, 0.5) is 0 Å². The Balaban J connectivity index is 2.07. The van der Waals surface area contributed by atoms with Gasteiger partial charge in [-0.05, 0) is 49.1 Å². The largest absolute Gasteiger partial charge is 0.358 e. The number of hydrogen-bond acceptors (Lipinski definition) is 0. The second kappa shape index (κ2) is 4.75. The summed E-state index contributed by atoms with van der Waals surface area (Å²) >= 11 is 5.93. The number of rotatable bonds is 2. The van der Waals surface area contributed by atoms with E-state index in [2.05, 4.69) is 49.2 Å². The third-order valence-corrected chi connectivity index (χ3v) is 3.91. The van der Waals surface area contributed by atoms with Crippen molar-refractivity contribution in [3.8, 4) is 0 Å². The van der Waals surface area contributed by atoms with Crippen LogP contribution in [-0.2, 0) is 6.42 Å². The zero-order chi connectivity index (χ0) is 13.4. The molecule has 0 aliphatic rings. The number of para-hydroxylation sites is 1. The number of H-pyrrole nitrogens is 1. The average Bonchev–Trinajstić information content (AvgIpc) is 2.71. The van der Waals surface area contributed by atoms with Crippen molar-refractivity contribution in [2.75, 3.05) is 0 Å². The van der Waals surface area contributed by atoms with Gasteiger partial charge in [0, 0.05) is 21.6 Å². The number of benzene rings is 2. The predicted octanol–water partition coefficient (Wildman–Crippen LogP) is 5.03. The highest BCUT2D eigenvalue weighted by Crippen LogP contribution is 2.27. The van der Waals surface area contributed by atoms with Crippen molar-refractivity contribution in [2.24, 2.45) is 0 Å². The molecule has 0 saturated carbocycles. The molecule has 0 aliphatic heterocycles. The van der Waals surface area contributed by atoms with Gasteiger partial charge in [0.05, 0.1) is 0 Å². The summed E-state index contributed by atoms with van der Waals surface area (Å²) < 4.78 is 0. The van der Waals surface area contributed by atoms with E-state index in [0.717, 1.165) is 11.4 Å². The molecule has 2 heteroatoms. The summed E-state index contributed by atoms with van der Waals surface area (Å²) in [5.74, 6) is 0. The third-order valence-electron chi connectivity index (χ3n) is 3.66. The van der Waals surface area contributed by atoms with E-state index < -0.39 is 0 Å². The summed E-state index contributed by atoms with van der Waals surface area (Å²) in [7, 11) is 0. The second-order valence-corrected chi connectivity index (χ2v) is 5.47. The van der Waals surface area contributed by atoms with Gasteiger partial charge in [-0.25, -0.2) is 0 Å². The molecule has 0 bridgehead atoms. The fourth-order valence-corrected chi connectivity index (χ4v) is 2.71. The number of halogens is 1. The van der Waals surface area contributed by atoms with E-state index in [1.54, 1.807) is 0 Å². The molecule has 0 radical (unpaired) electrons. The van der Waals surface area contributed by atoms with Crippen LogP contribution in [0.1, 0.15) is 22.4 Å². The molecule has 1 heterocycles. The minimum absolute atomic E-state index is 0.787. The molecule has 1 N–H and O–H groups in total. The van der Waals surface area contributed by atoms with Gasteiger partial charge >= 0.3 is 0 Å². The Morgan fingerprint density at radius 3 is 2.47 bits per heavy atom. The highest BCUT2D eigenvalue weighted by Gasteiger charge is 2.10. The van der Waals surface area contributed by atoms with Crippen LogP contribution in [0.25, 0.3) is 10.9 Å². The monoisotopic (exact) mass is 269 g/mol. The topological polar surface area (TPSA) is 15.8 Å². The number of nitrogens with one attached hydrogen (secondary N) is 1. The molecule has 0 unspecified atom stereocenters. The van der Waals surface area contributed by atoms with E-state index in [0.29, 0.717) is 0 Å². The molecule has 0 amide bonds. The molecule has 0 fully saturated rings. The van der Waals surface area contributed by atoms with E-state index in [1.807, 2.05) is 12.1 Å². The van der Waals surface area contributed by atoms with Crippen LogP contribution in [0, 0.1) is 13.8 Å². The maximum Gasteiger partial charge on any atom is 0.0488 e. The first-order valence-electron chi connectivity index (χ1n) is 6.46. The van der Waals surface area contributed by atoms with Gasteiger partial charge < -0.3 is 4.98 Å². The van der Waals surface area contributed by atoms with Gasteiger partial charge in [0.1, 0.15) is 0 Å². The Bertz CT molecular complexity index is 723. The summed E-state index contributed by atoms with van der Waals surface area (Å²) in [4.78, 5) is 3.50. The van der Waals surface area contributed by atoms with E-state index in [4.69, 9.17) is 11.6 Å². The van der Waals surface area contributed by atoms with Crippen LogP contribution in [0.15, 0.2) is 42.5 Å². The van der Waals surface area contributed by atoms with Gasteiger partial charge in [-0.2, -0.15) is 0 Å². The smallest absolute Gasteiger partial charge is 0.0488 e. The Morgan fingerprint density at radius 1 is 1.00 bits per heavy atom. The summed E-state index contributed by atoms with van der Waals surface area (Å²) in [6.45, 7) is 4.29. The molecule has 1 aromatic heterocycles. The lowest BCUT2D eigenvalue weighted by molar-refractivity contribution is 1.15.